The van der Waals surface area contributed by atoms with Gasteiger partial charge >= 0.3 is 0 Å². The molecule has 1 rings (SSSR count). The fourth-order valence-corrected chi connectivity index (χ4v) is 1.83. The Morgan fingerprint density at radius 3 is 2.41 bits per heavy atom. The molecule has 3 nitrogen and oxygen atoms in total. The van der Waals surface area contributed by atoms with E-state index in [0.717, 1.165) is 37.4 Å². The van der Waals surface area contributed by atoms with Crippen LogP contribution in [0.25, 0.3) is 0 Å². The highest BCUT2D eigenvalue weighted by Crippen LogP contribution is 2.17. The van der Waals surface area contributed by atoms with E-state index in [0.29, 0.717) is 5.92 Å². The van der Waals surface area contributed by atoms with E-state index >= 15 is 0 Å². The van der Waals surface area contributed by atoms with E-state index in [1.807, 2.05) is 0 Å². The lowest BCUT2D eigenvalue weighted by atomic mass is 10.1. The van der Waals surface area contributed by atoms with Gasteiger partial charge in [-0.3, -0.25) is 0 Å². The van der Waals surface area contributed by atoms with Crippen LogP contribution in [0.1, 0.15) is 51.2 Å². The third-order valence-corrected chi connectivity index (χ3v) is 2.92. The fourth-order valence-electron chi connectivity index (χ4n) is 1.83. The molecule has 1 N–H and O–H groups in total. The van der Waals surface area contributed by atoms with Gasteiger partial charge < -0.3 is 5.32 Å². The molecule has 0 spiro atoms. The van der Waals surface area contributed by atoms with Crippen molar-refractivity contribution in [2.45, 2.75) is 53.9 Å². The summed E-state index contributed by atoms with van der Waals surface area (Å²) in [6.45, 7) is 11.7. The molecule has 0 aliphatic heterocycles. The maximum atomic E-state index is 4.65. The minimum Gasteiger partial charge on any atom is -0.370 e. The predicted molar refractivity (Wildman–Crippen MR) is 73.5 cm³/mol. The molecule has 0 unspecified atom stereocenters. The molecule has 0 saturated carbocycles. The number of aryl methyl sites for hydroxylation is 2. The van der Waals surface area contributed by atoms with Gasteiger partial charge in [-0.1, -0.05) is 20.8 Å². The van der Waals surface area contributed by atoms with Gasteiger partial charge in [0.15, 0.2) is 0 Å². The summed E-state index contributed by atoms with van der Waals surface area (Å²) in [6, 6.07) is 0. The van der Waals surface area contributed by atoms with Crippen molar-refractivity contribution >= 4 is 5.82 Å². The van der Waals surface area contributed by atoms with Gasteiger partial charge in [0.25, 0.3) is 0 Å². The maximum absolute atomic E-state index is 4.65. The Bertz CT molecular complexity index is 359. The van der Waals surface area contributed by atoms with Gasteiger partial charge in [0.1, 0.15) is 11.6 Å². The van der Waals surface area contributed by atoms with Gasteiger partial charge in [0, 0.05) is 24.2 Å². The van der Waals surface area contributed by atoms with Crippen LogP contribution in [0, 0.1) is 12.8 Å². The molecule has 1 heterocycles. The molecule has 0 bridgehead atoms. The van der Waals surface area contributed by atoms with E-state index in [1.165, 1.54) is 11.3 Å². The Morgan fingerprint density at radius 2 is 1.88 bits per heavy atom. The average Bonchev–Trinajstić information content (AvgIpc) is 2.30. The molecule has 0 fully saturated rings. The second-order valence-corrected chi connectivity index (χ2v) is 4.88. The number of nitrogens with zero attached hydrogens (tertiary/aromatic N) is 2. The van der Waals surface area contributed by atoms with Crippen LogP contribution < -0.4 is 5.32 Å². The molecular formula is C14H25N3. The van der Waals surface area contributed by atoms with E-state index in [9.17, 15) is 0 Å². The number of nitrogens with one attached hydrogen (secondary N) is 1. The van der Waals surface area contributed by atoms with E-state index in [2.05, 4.69) is 49.9 Å². The Kier molecular flexibility index (Phi) is 5.39. The van der Waals surface area contributed by atoms with Gasteiger partial charge in [-0.25, -0.2) is 9.97 Å². The number of aromatic nitrogens is 2. The summed E-state index contributed by atoms with van der Waals surface area (Å²) in [6.07, 6.45) is 3.10. The fraction of sp³-hybridized carbons (Fsp3) is 0.714. The van der Waals surface area contributed by atoms with Crippen LogP contribution in [0.3, 0.4) is 0 Å². The first-order chi connectivity index (χ1) is 8.08. The smallest absolute Gasteiger partial charge is 0.132 e. The highest BCUT2D eigenvalue weighted by atomic mass is 15.0. The van der Waals surface area contributed by atoms with Crippen molar-refractivity contribution < 1.29 is 0 Å². The quantitative estimate of drug-likeness (QED) is 0.821. The third-order valence-electron chi connectivity index (χ3n) is 2.92. The van der Waals surface area contributed by atoms with Gasteiger partial charge in [0.05, 0.1) is 0 Å². The number of anilines is 1. The van der Waals surface area contributed by atoms with E-state index in [4.69, 9.17) is 0 Å². The zero-order valence-corrected chi connectivity index (χ0v) is 11.8. The summed E-state index contributed by atoms with van der Waals surface area (Å²) in [5, 5.41) is 3.33. The van der Waals surface area contributed by atoms with Crippen LogP contribution in [0.5, 0.6) is 0 Å². The molecule has 1 aromatic heterocycles. The SMILES string of the molecule is CCNc1nc(CCC(C)C)nc(CC)c1C. The van der Waals surface area contributed by atoms with E-state index in [1.54, 1.807) is 0 Å². The van der Waals surface area contributed by atoms with Crippen molar-refractivity contribution in [1.29, 1.82) is 0 Å². The highest BCUT2D eigenvalue weighted by molar-refractivity contribution is 5.45. The minimum atomic E-state index is 0.701. The van der Waals surface area contributed by atoms with Gasteiger partial charge in [-0.05, 0) is 32.6 Å². The molecule has 17 heavy (non-hydrogen) atoms. The Labute approximate surface area is 105 Å². The van der Waals surface area contributed by atoms with Gasteiger partial charge in [-0.2, -0.15) is 0 Å². The number of hydrogen-bond acceptors (Lipinski definition) is 3. The first kappa shape index (κ1) is 13.9. The van der Waals surface area contributed by atoms with Crippen LogP contribution >= 0.6 is 0 Å². The minimum absolute atomic E-state index is 0.701. The lowest BCUT2D eigenvalue weighted by Crippen LogP contribution is -2.10. The Balaban J connectivity index is 2.94. The molecular weight excluding hydrogens is 210 g/mol. The third kappa shape index (κ3) is 3.99. The first-order valence-corrected chi connectivity index (χ1v) is 6.68. The van der Waals surface area contributed by atoms with Crippen molar-refractivity contribution in [3.63, 3.8) is 0 Å². The second-order valence-electron chi connectivity index (χ2n) is 4.88. The predicted octanol–water partition coefficient (Wildman–Crippen LogP) is 3.37. The van der Waals surface area contributed by atoms with Gasteiger partial charge in [0.2, 0.25) is 0 Å². The molecule has 0 atom stereocenters. The van der Waals surface area contributed by atoms with Crippen molar-refractivity contribution in [2.75, 3.05) is 11.9 Å². The van der Waals surface area contributed by atoms with Crippen molar-refractivity contribution in [3.05, 3.63) is 17.1 Å². The van der Waals surface area contributed by atoms with Crippen LogP contribution in [-0.4, -0.2) is 16.5 Å². The largest absolute Gasteiger partial charge is 0.370 e. The van der Waals surface area contributed by atoms with E-state index < -0.39 is 0 Å². The molecule has 0 amide bonds. The summed E-state index contributed by atoms with van der Waals surface area (Å²) in [7, 11) is 0. The molecule has 3 heteroatoms. The molecule has 0 aliphatic rings. The standard InChI is InChI=1S/C14H25N3/c1-6-12-11(5)14(15-7-2)17-13(16-12)9-8-10(3)4/h10H,6-9H2,1-5H3,(H,15,16,17). The molecule has 96 valence electrons. The van der Waals surface area contributed by atoms with Crippen molar-refractivity contribution in [2.24, 2.45) is 5.92 Å². The Hall–Kier alpha value is -1.12. The van der Waals surface area contributed by atoms with Gasteiger partial charge in [-0.15, -0.1) is 0 Å². The summed E-state index contributed by atoms with van der Waals surface area (Å²) < 4.78 is 0. The zero-order chi connectivity index (χ0) is 12.8. The monoisotopic (exact) mass is 235 g/mol. The van der Waals surface area contributed by atoms with Crippen molar-refractivity contribution in [1.82, 2.24) is 9.97 Å². The summed E-state index contributed by atoms with van der Waals surface area (Å²) in [4.78, 5) is 9.27. The molecule has 0 aromatic carbocycles. The molecule has 0 saturated heterocycles. The van der Waals surface area contributed by atoms with Crippen molar-refractivity contribution in [3.8, 4) is 0 Å². The second kappa shape index (κ2) is 6.58. The number of hydrogen-bond donors (Lipinski definition) is 1. The average molecular weight is 235 g/mol. The topological polar surface area (TPSA) is 37.8 Å². The molecule has 0 radical (unpaired) electrons. The first-order valence-electron chi connectivity index (χ1n) is 6.68. The lowest BCUT2D eigenvalue weighted by molar-refractivity contribution is 0.573. The van der Waals surface area contributed by atoms with Crippen LogP contribution in [0.4, 0.5) is 5.82 Å². The van der Waals surface area contributed by atoms with Crippen LogP contribution in [-0.2, 0) is 12.8 Å². The normalized spacial score (nSPS) is 10.9. The van der Waals surface area contributed by atoms with E-state index in [-0.39, 0.29) is 0 Å². The summed E-state index contributed by atoms with van der Waals surface area (Å²) >= 11 is 0. The Morgan fingerprint density at radius 1 is 1.18 bits per heavy atom. The number of rotatable bonds is 6. The zero-order valence-electron chi connectivity index (χ0n) is 11.8. The van der Waals surface area contributed by atoms with Crippen LogP contribution in [0.2, 0.25) is 0 Å². The van der Waals surface area contributed by atoms with Crippen LogP contribution in [0.15, 0.2) is 0 Å². The highest BCUT2D eigenvalue weighted by Gasteiger charge is 2.09. The summed E-state index contributed by atoms with van der Waals surface area (Å²) in [5.41, 5.74) is 2.37. The summed E-state index contributed by atoms with van der Waals surface area (Å²) in [5.74, 6) is 2.70. The lowest BCUT2D eigenvalue weighted by Gasteiger charge is -2.12. The molecule has 1 aromatic rings. The molecule has 0 aliphatic carbocycles. The maximum Gasteiger partial charge on any atom is 0.132 e.